The van der Waals surface area contributed by atoms with Gasteiger partial charge in [0.15, 0.2) is 0 Å². The molecule has 2 aliphatic rings. The van der Waals surface area contributed by atoms with Crippen molar-refractivity contribution in [3.8, 4) is 0 Å². The standard InChI is InChI=1S/C29H27N5O3/c35-28(22-10-13-37-18-22)32-23-9-8-21-16-34(12-11-33(27(21)14-23)17-24-15-30-19-31-24)29(36)26-7-3-5-20-4-1-2-6-25(20)26/h1-10,13-15,18,30-31H,11-12,16-17,19H2,(H,32,35). The monoisotopic (exact) mass is 493 g/mol. The maximum atomic E-state index is 13.8. The highest BCUT2D eigenvalue weighted by Gasteiger charge is 2.26. The van der Waals surface area contributed by atoms with Crippen LogP contribution in [-0.2, 0) is 6.54 Å². The molecule has 0 fully saturated rings. The Morgan fingerprint density at radius 1 is 1.00 bits per heavy atom. The molecule has 3 N–H and O–H groups in total. The average Bonchev–Trinajstić information content (AvgIpc) is 3.62. The van der Waals surface area contributed by atoms with E-state index in [2.05, 4.69) is 20.9 Å². The summed E-state index contributed by atoms with van der Waals surface area (Å²) in [6.45, 7) is 3.07. The summed E-state index contributed by atoms with van der Waals surface area (Å²) in [5.41, 5.74) is 4.96. The van der Waals surface area contributed by atoms with Gasteiger partial charge in [-0.05, 0) is 40.6 Å². The fourth-order valence-corrected chi connectivity index (χ4v) is 4.93. The number of carbonyl (C=O) groups is 2. The van der Waals surface area contributed by atoms with E-state index in [-0.39, 0.29) is 11.8 Å². The summed E-state index contributed by atoms with van der Waals surface area (Å²) in [4.78, 5) is 30.6. The number of anilines is 2. The molecule has 0 bridgehead atoms. The second-order valence-corrected chi connectivity index (χ2v) is 9.21. The third kappa shape index (κ3) is 4.61. The average molecular weight is 494 g/mol. The van der Waals surface area contributed by atoms with E-state index < -0.39 is 0 Å². The largest absolute Gasteiger partial charge is 0.472 e. The number of benzene rings is 3. The summed E-state index contributed by atoms with van der Waals surface area (Å²) in [6.07, 6.45) is 4.88. The van der Waals surface area contributed by atoms with E-state index in [1.54, 1.807) is 6.07 Å². The summed E-state index contributed by atoms with van der Waals surface area (Å²) in [5, 5.41) is 11.5. The second kappa shape index (κ2) is 9.73. The van der Waals surface area contributed by atoms with Crippen LogP contribution in [0.4, 0.5) is 11.4 Å². The summed E-state index contributed by atoms with van der Waals surface area (Å²) < 4.78 is 5.04. The SMILES string of the molecule is O=C(Nc1ccc2c(c1)N(CC1=CNCN1)CCN(C(=O)c1cccc3ccccc13)C2)c1ccoc1. The quantitative estimate of drug-likeness (QED) is 0.387. The van der Waals surface area contributed by atoms with Gasteiger partial charge >= 0.3 is 0 Å². The molecule has 2 amide bonds. The van der Waals surface area contributed by atoms with Gasteiger partial charge in [-0.25, -0.2) is 0 Å². The number of nitrogens with zero attached hydrogens (tertiary/aromatic N) is 2. The Morgan fingerprint density at radius 2 is 1.89 bits per heavy atom. The van der Waals surface area contributed by atoms with Gasteiger partial charge in [-0.1, -0.05) is 42.5 Å². The molecule has 0 spiro atoms. The van der Waals surface area contributed by atoms with Gasteiger partial charge in [-0.2, -0.15) is 0 Å². The van der Waals surface area contributed by atoms with Gasteiger partial charge in [-0.3, -0.25) is 9.59 Å². The first-order valence-electron chi connectivity index (χ1n) is 12.3. The van der Waals surface area contributed by atoms with Gasteiger partial charge in [0.25, 0.3) is 11.8 Å². The van der Waals surface area contributed by atoms with E-state index in [4.69, 9.17) is 4.42 Å². The zero-order valence-corrected chi connectivity index (χ0v) is 20.2. The molecule has 0 atom stereocenters. The van der Waals surface area contributed by atoms with Gasteiger partial charge in [0.2, 0.25) is 0 Å². The van der Waals surface area contributed by atoms with Crippen LogP contribution in [0.3, 0.4) is 0 Å². The Labute approximate surface area is 214 Å². The zero-order chi connectivity index (χ0) is 25.2. The summed E-state index contributed by atoms with van der Waals surface area (Å²) in [7, 11) is 0. The van der Waals surface area contributed by atoms with E-state index in [1.165, 1.54) is 12.5 Å². The Morgan fingerprint density at radius 3 is 2.73 bits per heavy atom. The van der Waals surface area contributed by atoms with Crippen LogP contribution in [0.1, 0.15) is 26.3 Å². The number of furan rings is 1. The number of rotatable bonds is 5. The van der Waals surface area contributed by atoms with Gasteiger partial charge in [0, 0.05) is 48.5 Å². The molecule has 37 heavy (non-hydrogen) atoms. The fourth-order valence-electron chi connectivity index (χ4n) is 4.93. The number of hydrogen-bond acceptors (Lipinski definition) is 6. The molecular formula is C29H27N5O3. The number of fused-ring (bicyclic) bond motifs is 2. The van der Waals surface area contributed by atoms with E-state index in [1.807, 2.05) is 71.8 Å². The van der Waals surface area contributed by atoms with Crippen LogP contribution < -0.4 is 20.9 Å². The molecule has 0 saturated carbocycles. The van der Waals surface area contributed by atoms with Crippen LogP contribution in [0.15, 0.2) is 95.6 Å². The smallest absolute Gasteiger partial charge is 0.258 e. The summed E-state index contributed by atoms with van der Waals surface area (Å²) >= 11 is 0. The molecule has 2 aliphatic heterocycles. The maximum Gasteiger partial charge on any atom is 0.258 e. The number of nitrogens with one attached hydrogen (secondary N) is 3. The predicted octanol–water partition coefficient (Wildman–Crippen LogP) is 4.14. The molecule has 0 radical (unpaired) electrons. The van der Waals surface area contributed by atoms with Crippen molar-refractivity contribution in [2.45, 2.75) is 6.54 Å². The fraction of sp³-hybridized carbons (Fsp3) is 0.172. The van der Waals surface area contributed by atoms with E-state index in [9.17, 15) is 9.59 Å². The van der Waals surface area contributed by atoms with Crippen LogP contribution >= 0.6 is 0 Å². The van der Waals surface area contributed by atoms with Crippen molar-refractivity contribution in [3.63, 3.8) is 0 Å². The minimum absolute atomic E-state index is 0.0156. The second-order valence-electron chi connectivity index (χ2n) is 9.21. The molecule has 6 rings (SSSR count). The molecule has 3 aromatic carbocycles. The van der Waals surface area contributed by atoms with Gasteiger partial charge in [0.1, 0.15) is 6.26 Å². The first-order valence-corrected chi connectivity index (χ1v) is 12.3. The molecular weight excluding hydrogens is 466 g/mol. The van der Waals surface area contributed by atoms with Crippen molar-refractivity contribution in [1.29, 1.82) is 0 Å². The lowest BCUT2D eigenvalue weighted by Gasteiger charge is -2.26. The Bertz CT molecular complexity index is 1490. The predicted molar refractivity (Wildman–Crippen MR) is 143 cm³/mol. The van der Waals surface area contributed by atoms with Crippen molar-refractivity contribution in [1.82, 2.24) is 15.5 Å². The first kappa shape index (κ1) is 22.7. The van der Waals surface area contributed by atoms with Crippen LogP contribution in [0.2, 0.25) is 0 Å². The minimum Gasteiger partial charge on any atom is -0.472 e. The highest BCUT2D eigenvalue weighted by molar-refractivity contribution is 6.07. The molecule has 0 unspecified atom stereocenters. The molecule has 4 aromatic rings. The molecule has 1 aromatic heterocycles. The van der Waals surface area contributed by atoms with E-state index in [0.717, 1.165) is 27.7 Å². The Kier molecular flexibility index (Phi) is 5.98. The molecule has 0 aliphatic carbocycles. The highest BCUT2D eigenvalue weighted by Crippen LogP contribution is 2.31. The van der Waals surface area contributed by atoms with Crippen molar-refractivity contribution in [3.05, 3.63) is 108 Å². The van der Waals surface area contributed by atoms with E-state index >= 15 is 0 Å². The number of carbonyl (C=O) groups excluding carboxylic acids is 2. The molecule has 0 saturated heterocycles. The van der Waals surface area contributed by atoms with Gasteiger partial charge < -0.3 is 30.2 Å². The van der Waals surface area contributed by atoms with Crippen LogP contribution in [0.25, 0.3) is 10.8 Å². The Hall–Kier alpha value is -4.72. The van der Waals surface area contributed by atoms with Gasteiger partial charge in [0.05, 0.1) is 25.0 Å². The first-order chi connectivity index (χ1) is 18.2. The number of amides is 2. The normalized spacial score (nSPS) is 14.9. The topological polar surface area (TPSA) is 89.9 Å². The number of hydrogen-bond donors (Lipinski definition) is 3. The van der Waals surface area contributed by atoms with Crippen molar-refractivity contribution in [2.75, 3.05) is 36.5 Å². The summed E-state index contributed by atoms with van der Waals surface area (Å²) in [5.74, 6) is -0.215. The lowest BCUT2D eigenvalue weighted by molar-refractivity contribution is 0.0753. The maximum absolute atomic E-state index is 13.8. The third-order valence-corrected chi connectivity index (χ3v) is 6.83. The van der Waals surface area contributed by atoms with Crippen LogP contribution in [-0.4, -0.2) is 43.0 Å². The third-order valence-electron chi connectivity index (χ3n) is 6.83. The lowest BCUT2D eigenvalue weighted by atomic mass is 10.0. The highest BCUT2D eigenvalue weighted by atomic mass is 16.3. The zero-order valence-electron chi connectivity index (χ0n) is 20.2. The minimum atomic E-state index is -0.231. The van der Waals surface area contributed by atoms with Crippen LogP contribution in [0, 0.1) is 0 Å². The van der Waals surface area contributed by atoms with Crippen LogP contribution in [0.5, 0.6) is 0 Å². The molecule has 186 valence electrons. The summed E-state index contributed by atoms with van der Waals surface area (Å²) in [6, 6.07) is 21.4. The lowest BCUT2D eigenvalue weighted by Crippen LogP contribution is -2.37. The van der Waals surface area contributed by atoms with Gasteiger partial charge in [-0.15, -0.1) is 0 Å². The van der Waals surface area contributed by atoms with Crippen molar-refractivity contribution in [2.24, 2.45) is 0 Å². The molecule has 8 nitrogen and oxygen atoms in total. The van der Waals surface area contributed by atoms with E-state index in [0.29, 0.717) is 49.7 Å². The molecule has 3 heterocycles. The molecule has 8 heteroatoms. The Balaban J connectivity index is 1.32. The van der Waals surface area contributed by atoms with Crippen molar-refractivity contribution >= 4 is 34.0 Å². The van der Waals surface area contributed by atoms with Crippen molar-refractivity contribution < 1.29 is 14.0 Å².